The Kier molecular flexibility index (Phi) is 9.87. The topological polar surface area (TPSA) is 53.6 Å². The SMILES string of the molecule is CCCCN(CCCNC(C)=O)CCOc1ccc(NC)cc1. The highest BCUT2D eigenvalue weighted by Gasteiger charge is 2.05. The molecule has 0 fully saturated rings. The Morgan fingerprint density at radius 3 is 2.43 bits per heavy atom. The fourth-order valence-electron chi connectivity index (χ4n) is 2.29. The lowest BCUT2D eigenvalue weighted by Crippen LogP contribution is -2.32. The maximum absolute atomic E-state index is 10.9. The molecule has 1 amide bonds. The second-order valence-electron chi connectivity index (χ2n) is 5.65. The average molecular weight is 321 g/mol. The van der Waals surface area contributed by atoms with E-state index in [0.29, 0.717) is 6.61 Å². The zero-order chi connectivity index (χ0) is 16.9. The molecule has 0 spiro atoms. The van der Waals surface area contributed by atoms with E-state index in [-0.39, 0.29) is 5.91 Å². The second kappa shape index (κ2) is 11.8. The Labute approximate surface area is 140 Å². The molecule has 0 bridgehead atoms. The zero-order valence-corrected chi connectivity index (χ0v) is 14.7. The summed E-state index contributed by atoms with van der Waals surface area (Å²) in [6.07, 6.45) is 3.35. The van der Waals surface area contributed by atoms with E-state index in [1.807, 2.05) is 31.3 Å². The third-order valence-electron chi connectivity index (χ3n) is 3.67. The van der Waals surface area contributed by atoms with Gasteiger partial charge in [-0.2, -0.15) is 0 Å². The molecule has 1 aromatic carbocycles. The summed E-state index contributed by atoms with van der Waals surface area (Å²) in [5.41, 5.74) is 1.08. The van der Waals surface area contributed by atoms with Crippen molar-refractivity contribution in [2.75, 3.05) is 45.2 Å². The van der Waals surface area contributed by atoms with Crippen molar-refractivity contribution < 1.29 is 9.53 Å². The molecule has 5 heteroatoms. The molecule has 2 N–H and O–H groups in total. The Bertz CT molecular complexity index is 434. The number of amides is 1. The van der Waals surface area contributed by atoms with Crippen LogP contribution in [0, 0.1) is 0 Å². The smallest absolute Gasteiger partial charge is 0.216 e. The number of hydrogen-bond donors (Lipinski definition) is 2. The number of ether oxygens (including phenoxy) is 1. The number of rotatable bonds is 12. The third-order valence-corrected chi connectivity index (χ3v) is 3.67. The highest BCUT2D eigenvalue weighted by Crippen LogP contribution is 2.15. The predicted octanol–water partition coefficient (Wildman–Crippen LogP) is 2.74. The van der Waals surface area contributed by atoms with Gasteiger partial charge in [0, 0.05) is 32.7 Å². The Morgan fingerprint density at radius 1 is 1.13 bits per heavy atom. The van der Waals surface area contributed by atoms with Gasteiger partial charge >= 0.3 is 0 Å². The first-order chi connectivity index (χ1) is 11.2. The van der Waals surface area contributed by atoms with Crippen LogP contribution in [0.3, 0.4) is 0 Å². The van der Waals surface area contributed by atoms with Gasteiger partial charge < -0.3 is 15.4 Å². The van der Waals surface area contributed by atoms with E-state index < -0.39 is 0 Å². The first-order valence-corrected chi connectivity index (χ1v) is 8.53. The van der Waals surface area contributed by atoms with Gasteiger partial charge in [-0.3, -0.25) is 9.69 Å². The van der Waals surface area contributed by atoms with Crippen LogP contribution in [-0.4, -0.2) is 50.6 Å². The Hall–Kier alpha value is -1.75. The van der Waals surface area contributed by atoms with Gasteiger partial charge in [-0.15, -0.1) is 0 Å². The molecule has 5 nitrogen and oxygen atoms in total. The summed E-state index contributed by atoms with van der Waals surface area (Å²) >= 11 is 0. The molecule has 1 aromatic rings. The van der Waals surface area contributed by atoms with E-state index in [1.165, 1.54) is 12.8 Å². The fraction of sp³-hybridized carbons (Fsp3) is 0.611. The molecule has 0 radical (unpaired) electrons. The molecule has 1 rings (SSSR count). The van der Waals surface area contributed by atoms with Crippen molar-refractivity contribution in [3.8, 4) is 5.75 Å². The molecule has 0 saturated carbocycles. The lowest BCUT2D eigenvalue weighted by Gasteiger charge is -2.22. The number of nitrogens with one attached hydrogen (secondary N) is 2. The van der Waals surface area contributed by atoms with Gasteiger partial charge in [0.25, 0.3) is 0 Å². The number of benzene rings is 1. The predicted molar refractivity (Wildman–Crippen MR) is 96.1 cm³/mol. The van der Waals surface area contributed by atoms with Gasteiger partial charge in [0.1, 0.15) is 12.4 Å². The second-order valence-corrected chi connectivity index (χ2v) is 5.65. The zero-order valence-electron chi connectivity index (χ0n) is 14.7. The Balaban J connectivity index is 2.29. The summed E-state index contributed by atoms with van der Waals surface area (Å²) in [6, 6.07) is 7.99. The largest absolute Gasteiger partial charge is 0.492 e. The highest BCUT2D eigenvalue weighted by atomic mass is 16.5. The number of carbonyl (C=O) groups is 1. The number of hydrogen-bond acceptors (Lipinski definition) is 4. The number of anilines is 1. The van der Waals surface area contributed by atoms with Crippen molar-refractivity contribution in [1.29, 1.82) is 0 Å². The van der Waals surface area contributed by atoms with E-state index in [1.54, 1.807) is 6.92 Å². The van der Waals surface area contributed by atoms with Crippen LogP contribution in [0.25, 0.3) is 0 Å². The van der Waals surface area contributed by atoms with Crippen LogP contribution < -0.4 is 15.4 Å². The molecule has 0 aliphatic heterocycles. The molecule has 130 valence electrons. The van der Waals surface area contributed by atoms with Gasteiger partial charge in [0.2, 0.25) is 5.91 Å². The van der Waals surface area contributed by atoms with Gasteiger partial charge in [0.05, 0.1) is 0 Å². The van der Waals surface area contributed by atoms with E-state index in [4.69, 9.17) is 4.74 Å². The van der Waals surface area contributed by atoms with E-state index >= 15 is 0 Å². The number of unbranched alkanes of at least 4 members (excludes halogenated alkanes) is 1. The summed E-state index contributed by atoms with van der Waals surface area (Å²) in [5.74, 6) is 0.941. The molecule has 0 atom stereocenters. The van der Waals surface area contributed by atoms with Gasteiger partial charge in [-0.1, -0.05) is 13.3 Å². The van der Waals surface area contributed by atoms with Crippen LogP contribution >= 0.6 is 0 Å². The highest BCUT2D eigenvalue weighted by molar-refractivity contribution is 5.72. The fourth-order valence-corrected chi connectivity index (χ4v) is 2.29. The van der Waals surface area contributed by atoms with Gasteiger partial charge in [-0.25, -0.2) is 0 Å². The minimum Gasteiger partial charge on any atom is -0.492 e. The molecule has 0 aliphatic rings. The van der Waals surface area contributed by atoms with Crippen molar-refractivity contribution in [3.05, 3.63) is 24.3 Å². The normalized spacial score (nSPS) is 10.6. The standard InChI is InChI=1S/C18H31N3O2/c1-4-5-12-21(13-6-11-20-16(2)22)14-15-23-18-9-7-17(19-3)8-10-18/h7-10,19H,4-6,11-15H2,1-3H3,(H,20,22). The molecule has 23 heavy (non-hydrogen) atoms. The minimum absolute atomic E-state index is 0.0402. The summed E-state index contributed by atoms with van der Waals surface area (Å²) in [6.45, 7) is 8.17. The monoisotopic (exact) mass is 321 g/mol. The summed E-state index contributed by atoms with van der Waals surface area (Å²) in [4.78, 5) is 13.3. The molecule has 0 unspecified atom stereocenters. The maximum atomic E-state index is 10.9. The molecule has 0 aliphatic carbocycles. The lowest BCUT2D eigenvalue weighted by molar-refractivity contribution is -0.118. The average Bonchev–Trinajstić information content (AvgIpc) is 2.56. The van der Waals surface area contributed by atoms with Crippen molar-refractivity contribution in [2.24, 2.45) is 0 Å². The van der Waals surface area contributed by atoms with Crippen LogP contribution in [-0.2, 0) is 4.79 Å². The minimum atomic E-state index is 0.0402. The quantitative estimate of drug-likeness (QED) is 0.581. The first-order valence-electron chi connectivity index (χ1n) is 8.53. The third kappa shape index (κ3) is 9.08. The number of nitrogens with zero attached hydrogens (tertiary/aromatic N) is 1. The van der Waals surface area contributed by atoms with E-state index in [2.05, 4.69) is 22.5 Å². The van der Waals surface area contributed by atoms with Crippen molar-refractivity contribution in [2.45, 2.75) is 33.1 Å². The van der Waals surface area contributed by atoms with Crippen LogP contribution in [0.5, 0.6) is 5.75 Å². The van der Waals surface area contributed by atoms with Crippen LogP contribution in [0.15, 0.2) is 24.3 Å². The maximum Gasteiger partial charge on any atom is 0.216 e. The summed E-state index contributed by atoms with van der Waals surface area (Å²) in [5, 5.41) is 5.94. The molecular formula is C18H31N3O2. The molecular weight excluding hydrogens is 290 g/mol. The lowest BCUT2D eigenvalue weighted by atomic mass is 10.3. The first kappa shape index (κ1) is 19.3. The summed E-state index contributed by atoms with van der Waals surface area (Å²) < 4.78 is 5.82. The van der Waals surface area contributed by atoms with Gasteiger partial charge in [-0.05, 0) is 50.2 Å². The number of carbonyl (C=O) groups excluding carboxylic acids is 1. The van der Waals surface area contributed by atoms with Crippen molar-refractivity contribution in [1.82, 2.24) is 10.2 Å². The van der Waals surface area contributed by atoms with Crippen LogP contribution in [0.4, 0.5) is 5.69 Å². The van der Waals surface area contributed by atoms with Gasteiger partial charge in [0.15, 0.2) is 0 Å². The summed E-state index contributed by atoms with van der Waals surface area (Å²) in [7, 11) is 1.91. The van der Waals surface area contributed by atoms with Crippen LogP contribution in [0.2, 0.25) is 0 Å². The van der Waals surface area contributed by atoms with E-state index in [9.17, 15) is 4.79 Å². The Morgan fingerprint density at radius 2 is 1.83 bits per heavy atom. The molecule has 0 saturated heterocycles. The molecule has 0 heterocycles. The van der Waals surface area contributed by atoms with Crippen molar-refractivity contribution >= 4 is 11.6 Å². The molecule has 0 aromatic heterocycles. The van der Waals surface area contributed by atoms with Crippen LogP contribution in [0.1, 0.15) is 33.1 Å². The van der Waals surface area contributed by atoms with E-state index in [0.717, 1.165) is 44.0 Å². The van der Waals surface area contributed by atoms with Crippen molar-refractivity contribution in [3.63, 3.8) is 0 Å².